The van der Waals surface area contributed by atoms with Gasteiger partial charge in [-0.2, -0.15) is 0 Å². The van der Waals surface area contributed by atoms with Crippen molar-refractivity contribution >= 4 is 34.0 Å². The van der Waals surface area contributed by atoms with Gasteiger partial charge in [0, 0.05) is 11.4 Å². The maximum absolute atomic E-state index is 2.56. The van der Waals surface area contributed by atoms with Crippen LogP contribution in [0.3, 0.4) is 0 Å². The number of anilines is 2. The highest BCUT2D eigenvalue weighted by atomic mass is 127. The van der Waals surface area contributed by atoms with Gasteiger partial charge in [-0.05, 0) is 42.5 Å². The SMILES string of the molecule is CCC(I)N1c2ccccc2CCc2ccccc21. The van der Waals surface area contributed by atoms with Crippen LogP contribution in [0.5, 0.6) is 0 Å². The summed E-state index contributed by atoms with van der Waals surface area (Å²) >= 11 is 2.56. The van der Waals surface area contributed by atoms with Crippen LogP contribution in [0, 0.1) is 0 Å². The first kappa shape index (κ1) is 13.0. The Morgan fingerprint density at radius 2 is 1.42 bits per heavy atom. The highest BCUT2D eigenvalue weighted by Gasteiger charge is 2.23. The van der Waals surface area contributed by atoms with E-state index in [1.807, 2.05) is 0 Å². The van der Waals surface area contributed by atoms with Gasteiger partial charge >= 0.3 is 0 Å². The molecule has 0 aromatic heterocycles. The van der Waals surface area contributed by atoms with E-state index in [-0.39, 0.29) is 0 Å². The highest BCUT2D eigenvalue weighted by molar-refractivity contribution is 14.1. The van der Waals surface area contributed by atoms with E-state index in [4.69, 9.17) is 0 Å². The minimum absolute atomic E-state index is 0.498. The van der Waals surface area contributed by atoms with Crippen LogP contribution in [0.4, 0.5) is 11.4 Å². The third-order valence-electron chi connectivity index (χ3n) is 3.78. The number of aryl methyl sites for hydroxylation is 2. The molecule has 1 aliphatic rings. The highest BCUT2D eigenvalue weighted by Crippen LogP contribution is 2.39. The molecule has 19 heavy (non-hydrogen) atoms. The topological polar surface area (TPSA) is 3.24 Å². The van der Waals surface area contributed by atoms with Crippen LogP contribution < -0.4 is 4.90 Å². The normalized spacial score (nSPS) is 15.4. The van der Waals surface area contributed by atoms with Gasteiger partial charge in [0.05, 0.1) is 4.05 Å². The van der Waals surface area contributed by atoms with Crippen LogP contribution in [0.1, 0.15) is 24.5 Å². The van der Waals surface area contributed by atoms with Crippen LogP contribution in [-0.4, -0.2) is 4.05 Å². The Labute approximate surface area is 128 Å². The first-order chi connectivity index (χ1) is 9.31. The Morgan fingerprint density at radius 3 is 1.89 bits per heavy atom. The van der Waals surface area contributed by atoms with Gasteiger partial charge in [-0.3, -0.25) is 0 Å². The van der Waals surface area contributed by atoms with Gasteiger partial charge in [0.2, 0.25) is 0 Å². The maximum atomic E-state index is 2.56. The van der Waals surface area contributed by atoms with Crippen LogP contribution in [0.25, 0.3) is 0 Å². The van der Waals surface area contributed by atoms with Gasteiger partial charge in [0.25, 0.3) is 0 Å². The summed E-state index contributed by atoms with van der Waals surface area (Å²) < 4.78 is 0.498. The van der Waals surface area contributed by atoms with Gasteiger partial charge in [0.15, 0.2) is 0 Å². The number of fused-ring (bicyclic) bond motifs is 2. The van der Waals surface area contributed by atoms with Crippen molar-refractivity contribution in [3.8, 4) is 0 Å². The standard InChI is InChI=1S/C17H18IN/c1-2-17(18)19-15-9-5-3-7-13(15)11-12-14-8-4-6-10-16(14)19/h3-10,17H,2,11-12H2,1H3. The summed E-state index contributed by atoms with van der Waals surface area (Å²) in [6.07, 6.45) is 3.41. The van der Waals surface area contributed by atoms with Crippen molar-refractivity contribution < 1.29 is 0 Å². The molecule has 1 aliphatic heterocycles. The Morgan fingerprint density at radius 1 is 0.947 bits per heavy atom. The number of halogens is 1. The monoisotopic (exact) mass is 363 g/mol. The molecule has 1 heterocycles. The molecule has 1 nitrogen and oxygen atoms in total. The quantitative estimate of drug-likeness (QED) is 0.408. The average molecular weight is 363 g/mol. The van der Waals surface area contributed by atoms with E-state index in [1.54, 1.807) is 0 Å². The number of benzene rings is 2. The van der Waals surface area contributed by atoms with E-state index in [9.17, 15) is 0 Å². The van der Waals surface area contributed by atoms with Gasteiger partial charge in [-0.1, -0.05) is 65.9 Å². The number of alkyl halides is 1. The molecule has 98 valence electrons. The fourth-order valence-electron chi connectivity index (χ4n) is 2.80. The molecule has 1 unspecified atom stereocenters. The molecule has 0 saturated heterocycles. The molecule has 0 fully saturated rings. The number of hydrogen-bond acceptors (Lipinski definition) is 1. The predicted molar refractivity (Wildman–Crippen MR) is 90.5 cm³/mol. The van der Waals surface area contributed by atoms with Crippen molar-refractivity contribution in [3.05, 3.63) is 59.7 Å². The molecule has 3 rings (SSSR count). The van der Waals surface area contributed by atoms with Gasteiger partial charge in [-0.25, -0.2) is 0 Å². The molecular formula is C17H18IN. The first-order valence-corrected chi connectivity index (χ1v) is 8.15. The Bertz CT molecular complexity index is 531. The van der Waals surface area contributed by atoms with Crippen molar-refractivity contribution in [1.29, 1.82) is 0 Å². The predicted octanol–water partition coefficient (Wildman–Crippen LogP) is 5.09. The minimum Gasteiger partial charge on any atom is -0.329 e. The Kier molecular flexibility index (Phi) is 3.78. The fraction of sp³-hybridized carbons (Fsp3) is 0.294. The van der Waals surface area contributed by atoms with Crippen molar-refractivity contribution in [1.82, 2.24) is 0 Å². The molecule has 0 aliphatic carbocycles. The summed E-state index contributed by atoms with van der Waals surface area (Å²) in [5.74, 6) is 0. The lowest BCUT2D eigenvalue weighted by Gasteiger charge is -2.31. The van der Waals surface area contributed by atoms with Crippen LogP contribution in [0.2, 0.25) is 0 Å². The lowest BCUT2D eigenvalue weighted by molar-refractivity contribution is 0.854. The second-order valence-electron chi connectivity index (χ2n) is 4.97. The van der Waals surface area contributed by atoms with Crippen molar-refractivity contribution in [2.24, 2.45) is 0 Å². The third-order valence-corrected chi connectivity index (χ3v) is 5.22. The van der Waals surface area contributed by atoms with E-state index in [1.165, 1.54) is 22.5 Å². The van der Waals surface area contributed by atoms with E-state index < -0.39 is 0 Å². The van der Waals surface area contributed by atoms with Crippen molar-refractivity contribution in [2.45, 2.75) is 30.2 Å². The van der Waals surface area contributed by atoms with E-state index >= 15 is 0 Å². The number of nitrogens with zero attached hydrogens (tertiary/aromatic N) is 1. The van der Waals surface area contributed by atoms with Crippen LogP contribution in [0.15, 0.2) is 48.5 Å². The summed E-state index contributed by atoms with van der Waals surface area (Å²) in [6.45, 7) is 2.26. The molecule has 0 spiro atoms. The van der Waals surface area contributed by atoms with Gasteiger partial charge in [-0.15, -0.1) is 0 Å². The van der Waals surface area contributed by atoms with E-state index in [0.717, 1.165) is 19.3 Å². The number of hydrogen-bond donors (Lipinski definition) is 0. The molecule has 2 aromatic carbocycles. The van der Waals surface area contributed by atoms with Crippen molar-refractivity contribution in [3.63, 3.8) is 0 Å². The summed E-state index contributed by atoms with van der Waals surface area (Å²) in [7, 11) is 0. The second kappa shape index (κ2) is 5.53. The lowest BCUT2D eigenvalue weighted by atomic mass is 10.0. The molecule has 2 aromatic rings. The average Bonchev–Trinajstić information content (AvgIpc) is 2.63. The minimum atomic E-state index is 0.498. The maximum Gasteiger partial charge on any atom is 0.0855 e. The Balaban J connectivity index is 2.19. The Hall–Kier alpha value is -1.03. The largest absolute Gasteiger partial charge is 0.329 e. The first-order valence-electron chi connectivity index (χ1n) is 6.90. The zero-order valence-corrected chi connectivity index (χ0v) is 13.3. The lowest BCUT2D eigenvalue weighted by Crippen LogP contribution is -2.25. The fourth-order valence-corrected chi connectivity index (χ4v) is 3.40. The molecule has 0 N–H and O–H groups in total. The van der Waals surface area contributed by atoms with Crippen LogP contribution in [-0.2, 0) is 12.8 Å². The zero-order chi connectivity index (χ0) is 13.2. The molecule has 0 amide bonds. The molecule has 0 radical (unpaired) electrons. The van der Waals surface area contributed by atoms with Gasteiger partial charge < -0.3 is 4.90 Å². The zero-order valence-electron chi connectivity index (χ0n) is 11.1. The summed E-state index contributed by atoms with van der Waals surface area (Å²) in [5, 5.41) is 0. The molecular weight excluding hydrogens is 345 g/mol. The summed E-state index contributed by atoms with van der Waals surface area (Å²) in [4.78, 5) is 2.51. The van der Waals surface area contributed by atoms with Gasteiger partial charge in [0.1, 0.15) is 0 Å². The number of para-hydroxylation sites is 2. The summed E-state index contributed by atoms with van der Waals surface area (Å²) in [6, 6.07) is 17.7. The third kappa shape index (κ3) is 2.38. The molecule has 2 heteroatoms. The summed E-state index contributed by atoms with van der Waals surface area (Å²) in [5.41, 5.74) is 5.70. The van der Waals surface area contributed by atoms with Crippen molar-refractivity contribution in [2.75, 3.05) is 4.90 Å². The molecule has 0 saturated carbocycles. The van der Waals surface area contributed by atoms with E-state index in [0.29, 0.717) is 4.05 Å². The molecule has 1 atom stereocenters. The smallest absolute Gasteiger partial charge is 0.0855 e. The number of rotatable bonds is 2. The second-order valence-corrected chi connectivity index (χ2v) is 6.41. The van der Waals surface area contributed by atoms with E-state index in [2.05, 4.69) is 82.9 Å². The van der Waals surface area contributed by atoms with Crippen LogP contribution >= 0.6 is 22.6 Å². The molecule has 0 bridgehead atoms.